The Morgan fingerprint density at radius 3 is 2.33 bits per heavy atom. The van der Waals surface area contributed by atoms with Crippen molar-refractivity contribution in [3.63, 3.8) is 0 Å². The molecule has 0 spiro atoms. The van der Waals surface area contributed by atoms with Crippen LogP contribution in [0.5, 0.6) is 0 Å². The molecule has 3 amide bonds. The number of nitrogens with one attached hydrogen (secondary N) is 2. The van der Waals surface area contributed by atoms with Crippen molar-refractivity contribution in [1.82, 2.24) is 15.5 Å². The monoisotopic (exact) mass is 259 g/mol. The van der Waals surface area contributed by atoms with E-state index in [2.05, 4.69) is 10.6 Å². The van der Waals surface area contributed by atoms with Crippen LogP contribution in [0.15, 0.2) is 0 Å². The van der Waals surface area contributed by atoms with Crippen LogP contribution in [0.1, 0.15) is 27.7 Å². The Bertz CT molecular complexity index is 290. The van der Waals surface area contributed by atoms with Crippen LogP contribution in [0, 0.1) is 5.92 Å². The van der Waals surface area contributed by atoms with Gasteiger partial charge in [0.2, 0.25) is 5.91 Å². The number of rotatable bonds is 6. The normalized spacial score (nSPS) is 11.8. The summed E-state index contributed by atoms with van der Waals surface area (Å²) in [6.07, 6.45) is 0. The fourth-order valence-electron chi connectivity index (χ4n) is 1.06. The van der Waals surface area contributed by atoms with Gasteiger partial charge in [0.25, 0.3) is 0 Å². The Morgan fingerprint density at radius 1 is 1.33 bits per heavy atom. The minimum absolute atomic E-state index is 0.0582. The van der Waals surface area contributed by atoms with Crippen molar-refractivity contribution < 1.29 is 14.7 Å². The Labute approximate surface area is 109 Å². The minimum atomic E-state index is -0.494. The van der Waals surface area contributed by atoms with Crippen molar-refractivity contribution >= 4 is 11.9 Å². The number of amides is 3. The fourth-order valence-corrected chi connectivity index (χ4v) is 1.06. The minimum Gasteiger partial charge on any atom is -0.394 e. The Kier molecular flexibility index (Phi) is 6.86. The van der Waals surface area contributed by atoms with E-state index >= 15 is 0 Å². The molecular weight excluding hydrogens is 234 g/mol. The predicted molar refractivity (Wildman–Crippen MR) is 70.2 cm³/mol. The van der Waals surface area contributed by atoms with E-state index in [-0.39, 0.29) is 19.1 Å². The molecule has 0 saturated heterocycles. The SMILES string of the molecule is CC(C)CNC(=O)NC(=O)CN(C)C(C)(C)CO. The molecule has 0 aromatic rings. The maximum atomic E-state index is 11.6. The predicted octanol–water partition coefficient (Wildman–Crippen LogP) is 0.171. The summed E-state index contributed by atoms with van der Waals surface area (Å²) in [6, 6.07) is -0.482. The quantitative estimate of drug-likeness (QED) is 0.635. The molecule has 0 heterocycles. The van der Waals surface area contributed by atoms with Gasteiger partial charge >= 0.3 is 6.03 Å². The first-order valence-electron chi connectivity index (χ1n) is 6.09. The van der Waals surface area contributed by atoms with Crippen molar-refractivity contribution in [2.24, 2.45) is 5.92 Å². The molecular formula is C12H25N3O3. The van der Waals surface area contributed by atoms with Crippen molar-refractivity contribution in [2.45, 2.75) is 33.2 Å². The average Bonchev–Trinajstić information content (AvgIpc) is 2.25. The van der Waals surface area contributed by atoms with Crippen LogP contribution in [-0.2, 0) is 4.79 Å². The summed E-state index contributed by atoms with van der Waals surface area (Å²) in [4.78, 5) is 24.6. The topological polar surface area (TPSA) is 81.7 Å². The molecule has 0 aromatic carbocycles. The molecule has 0 atom stereocenters. The summed E-state index contributed by atoms with van der Waals surface area (Å²) in [5.41, 5.74) is -0.494. The van der Waals surface area contributed by atoms with Crippen LogP contribution in [0.2, 0.25) is 0 Å². The van der Waals surface area contributed by atoms with Gasteiger partial charge in [-0.25, -0.2) is 4.79 Å². The standard InChI is InChI=1S/C12H25N3O3/c1-9(2)6-13-11(18)14-10(17)7-15(5)12(3,4)8-16/h9,16H,6-8H2,1-5H3,(H2,13,14,17,18). The van der Waals surface area contributed by atoms with E-state index in [4.69, 9.17) is 5.11 Å². The van der Waals surface area contributed by atoms with E-state index in [1.807, 2.05) is 27.7 Å². The number of urea groups is 1. The summed E-state index contributed by atoms with van der Waals surface area (Å²) in [6.45, 7) is 8.10. The maximum Gasteiger partial charge on any atom is 0.321 e. The van der Waals surface area contributed by atoms with E-state index in [1.165, 1.54) is 0 Å². The summed E-state index contributed by atoms with van der Waals surface area (Å²) in [7, 11) is 1.72. The van der Waals surface area contributed by atoms with Crippen molar-refractivity contribution in [3.8, 4) is 0 Å². The van der Waals surface area contributed by atoms with E-state index < -0.39 is 11.6 Å². The lowest BCUT2D eigenvalue weighted by atomic mass is 10.1. The van der Waals surface area contributed by atoms with Gasteiger partial charge in [0.15, 0.2) is 0 Å². The number of aliphatic hydroxyl groups excluding tert-OH is 1. The van der Waals surface area contributed by atoms with Gasteiger partial charge in [0.1, 0.15) is 0 Å². The first kappa shape index (κ1) is 16.9. The second-order valence-electron chi connectivity index (χ2n) is 5.48. The number of carbonyl (C=O) groups excluding carboxylic acids is 2. The molecule has 6 nitrogen and oxygen atoms in total. The number of aliphatic hydroxyl groups is 1. The van der Waals surface area contributed by atoms with Crippen molar-refractivity contribution in [1.29, 1.82) is 0 Å². The van der Waals surface area contributed by atoms with Gasteiger partial charge in [-0.1, -0.05) is 13.8 Å². The van der Waals surface area contributed by atoms with Gasteiger partial charge in [-0.3, -0.25) is 15.0 Å². The van der Waals surface area contributed by atoms with E-state index in [9.17, 15) is 9.59 Å². The molecule has 0 radical (unpaired) electrons. The molecule has 0 saturated carbocycles. The molecule has 3 N–H and O–H groups in total. The number of imide groups is 1. The van der Waals surface area contributed by atoms with Crippen molar-refractivity contribution in [3.05, 3.63) is 0 Å². The van der Waals surface area contributed by atoms with Gasteiger partial charge in [-0.15, -0.1) is 0 Å². The van der Waals surface area contributed by atoms with E-state index in [0.717, 1.165) is 0 Å². The highest BCUT2D eigenvalue weighted by Crippen LogP contribution is 2.09. The largest absolute Gasteiger partial charge is 0.394 e. The summed E-state index contributed by atoms with van der Waals surface area (Å²) in [5.74, 6) is -0.0536. The van der Waals surface area contributed by atoms with Crippen LogP contribution >= 0.6 is 0 Å². The zero-order chi connectivity index (χ0) is 14.3. The highest BCUT2D eigenvalue weighted by atomic mass is 16.3. The smallest absolute Gasteiger partial charge is 0.321 e. The summed E-state index contributed by atoms with van der Waals surface area (Å²) in [5, 5.41) is 14.0. The highest BCUT2D eigenvalue weighted by molar-refractivity contribution is 5.95. The number of hydrogen-bond acceptors (Lipinski definition) is 4. The number of nitrogens with zero attached hydrogens (tertiary/aromatic N) is 1. The van der Waals surface area contributed by atoms with Gasteiger partial charge in [0, 0.05) is 12.1 Å². The van der Waals surface area contributed by atoms with Gasteiger partial charge < -0.3 is 10.4 Å². The van der Waals surface area contributed by atoms with E-state index in [0.29, 0.717) is 12.5 Å². The molecule has 18 heavy (non-hydrogen) atoms. The van der Waals surface area contributed by atoms with Crippen molar-refractivity contribution in [2.75, 3.05) is 26.7 Å². The van der Waals surface area contributed by atoms with Gasteiger partial charge in [-0.2, -0.15) is 0 Å². The number of likely N-dealkylation sites (N-methyl/N-ethyl adjacent to an activating group) is 1. The molecule has 0 aliphatic rings. The third-order valence-corrected chi connectivity index (χ3v) is 2.72. The van der Waals surface area contributed by atoms with Gasteiger partial charge in [-0.05, 0) is 26.8 Å². The third kappa shape index (κ3) is 6.56. The van der Waals surface area contributed by atoms with Crippen LogP contribution in [0.25, 0.3) is 0 Å². The van der Waals surface area contributed by atoms with Crippen LogP contribution < -0.4 is 10.6 Å². The molecule has 0 aromatic heterocycles. The fraction of sp³-hybridized carbons (Fsp3) is 0.833. The lowest BCUT2D eigenvalue weighted by Crippen LogP contribution is -2.51. The lowest BCUT2D eigenvalue weighted by Gasteiger charge is -2.33. The second-order valence-corrected chi connectivity index (χ2v) is 5.48. The third-order valence-electron chi connectivity index (χ3n) is 2.72. The highest BCUT2D eigenvalue weighted by Gasteiger charge is 2.24. The molecule has 0 unspecified atom stereocenters. The molecule has 0 fully saturated rings. The summed E-state index contributed by atoms with van der Waals surface area (Å²) < 4.78 is 0. The second kappa shape index (κ2) is 7.33. The Balaban J connectivity index is 4.08. The molecule has 0 rings (SSSR count). The van der Waals surface area contributed by atoms with Crippen LogP contribution in [0.4, 0.5) is 4.79 Å². The molecule has 6 heteroatoms. The average molecular weight is 259 g/mol. The number of hydrogen-bond donors (Lipinski definition) is 3. The molecule has 106 valence electrons. The lowest BCUT2D eigenvalue weighted by molar-refractivity contribution is -0.122. The Hall–Kier alpha value is -1.14. The first-order chi connectivity index (χ1) is 8.19. The maximum absolute atomic E-state index is 11.6. The van der Waals surface area contributed by atoms with Crippen LogP contribution in [-0.4, -0.2) is 54.2 Å². The molecule has 0 bridgehead atoms. The van der Waals surface area contributed by atoms with Crippen LogP contribution in [0.3, 0.4) is 0 Å². The van der Waals surface area contributed by atoms with Gasteiger partial charge in [0.05, 0.1) is 13.2 Å². The Morgan fingerprint density at radius 2 is 1.89 bits per heavy atom. The molecule has 0 aliphatic heterocycles. The summed E-state index contributed by atoms with van der Waals surface area (Å²) >= 11 is 0. The number of carbonyl (C=O) groups is 2. The first-order valence-corrected chi connectivity index (χ1v) is 6.09. The molecule has 0 aliphatic carbocycles. The zero-order valence-corrected chi connectivity index (χ0v) is 11.9. The van der Waals surface area contributed by atoms with E-state index in [1.54, 1.807) is 11.9 Å². The zero-order valence-electron chi connectivity index (χ0n) is 11.9.